The highest BCUT2D eigenvalue weighted by atomic mass is 16.5. The van der Waals surface area contributed by atoms with Crippen LogP contribution in [0.4, 0.5) is 5.82 Å². The molecule has 2 heterocycles. The van der Waals surface area contributed by atoms with Crippen LogP contribution in [-0.2, 0) is 9.47 Å². The quantitative estimate of drug-likeness (QED) is 0.863. The van der Waals surface area contributed by atoms with E-state index in [1.807, 2.05) is 19.9 Å². The largest absolute Gasteiger partial charge is 0.383 e. The lowest BCUT2D eigenvalue weighted by atomic mass is 9.82. The zero-order valence-electron chi connectivity index (χ0n) is 11.7. The fourth-order valence-electron chi connectivity index (χ4n) is 2.68. The molecule has 5 heteroatoms. The average molecular weight is 265 g/mol. The minimum Gasteiger partial charge on any atom is -0.383 e. The normalized spacial score (nSPS) is 20.2. The smallest absolute Gasteiger partial charge is 0.128 e. The number of ether oxygens (including phenoxy) is 2. The molecule has 2 rings (SSSR count). The molecular weight excluding hydrogens is 242 g/mol. The molecule has 1 aliphatic rings. The van der Waals surface area contributed by atoms with Gasteiger partial charge in [-0.2, -0.15) is 0 Å². The zero-order chi connectivity index (χ0) is 13.9. The summed E-state index contributed by atoms with van der Waals surface area (Å²) < 4.78 is 11.4. The van der Waals surface area contributed by atoms with Crippen molar-refractivity contribution >= 4 is 5.82 Å². The Morgan fingerprint density at radius 3 is 2.79 bits per heavy atom. The van der Waals surface area contributed by atoms with E-state index in [0.717, 1.165) is 24.0 Å². The third-order valence-electron chi connectivity index (χ3n) is 3.76. The van der Waals surface area contributed by atoms with Gasteiger partial charge in [0.15, 0.2) is 0 Å². The molecule has 0 spiro atoms. The minimum absolute atomic E-state index is 0.274. The number of hydrogen-bond donors (Lipinski definition) is 2. The summed E-state index contributed by atoms with van der Waals surface area (Å²) in [5.74, 6) is 0.490. The molecule has 1 unspecified atom stereocenters. The number of aryl methyl sites for hydroxylation is 1. The highest BCUT2D eigenvalue weighted by Gasteiger charge is 2.41. The molecule has 1 aromatic heterocycles. The molecule has 4 N–H and O–H groups in total. The van der Waals surface area contributed by atoms with Crippen molar-refractivity contribution in [2.75, 3.05) is 25.6 Å². The molecule has 1 aliphatic heterocycles. The van der Waals surface area contributed by atoms with E-state index in [-0.39, 0.29) is 6.04 Å². The summed E-state index contributed by atoms with van der Waals surface area (Å²) in [6, 6.07) is 1.73. The molecule has 1 aromatic rings. The van der Waals surface area contributed by atoms with Crippen molar-refractivity contribution < 1.29 is 9.47 Å². The van der Waals surface area contributed by atoms with E-state index in [4.69, 9.17) is 20.9 Å². The maximum absolute atomic E-state index is 6.46. The number of rotatable bonds is 4. The predicted octanol–water partition coefficient (Wildman–Crippen LogP) is 1.56. The Balaban J connectivity index is 2.32. The van der Waals surface area contributed by atoms with Crippen LogP contribution in [-0.4, -0.2) is 30.4 Å². The van der Waals surface area contributed by atoms with E-state index in [9.17, 15) is 0 Å². The first-order valence-electron chi connectivity index (χ1n) is 6.78. The summed E-state index contributed by atoms with van der Waals surface area (Å²) in [4.78, 5) is 4.20. The molecule has 0 aliphatic carbocycles. The van der Waals surface area contributed by atoms with Crippen LogP contribution < -0.4 is 11.5 Å². The molecule has 0 amide bonds. The molecule has 0 saturated carbocycles. The van der Waals surface area contributed by atoms with Crippen molar-refractivity contribution in [1.82, 2.24) is 4.98 Å². The number of aromatic nitrogens is 1. The monoisotopic (exact) mass is 265 g/mol. The SMILES string of the molecule is CCOC1(C(N)c2cc(C)cnc2N)CCOCC1. The lowest BCUT2D eigenvalue weighted by Gasteiger charge is -2.41. The van der Waals surface area contributed by atoms with E-state index in [1.165, 1.54) is 0 Å². The lowest BCUT2D eigenvalue weighted by Crippen LogP contribution is -2.48. The molecule has 1 atom stereocenters. The van der Waals surface area contributed by atoms with E-state index in [0.29, 0.717) is 25.6 Å². The van der Waals surface area contributed by atoms with Crippen LogP contribution in [0, 0.1) is 6.92 Å². The number of nitrogens with zero attached hydrogens (tertiary/aromatic N) is 1. The van der Waals surface area contributed by atoms with Crippen LogP contribution in [0.15, 0.2) is 12.3 Å². The Morgan fingerprint density at radius 2 is 2.16 bits per heavy atom. The first-order valence-corrected chi connectivity index (χ1v) is 6.78. The Hall–Kier alpha value is -1.17. The van der Waals surface area contributed by atoms with Gasteiger partial charge in [-0.25, -0.2) is 4.98 Å². The minimum atomic E-state index is -0.392. The van der Waals surface area contributed by atoms with Crippen LogP contribution in [0.3, 0.4) is 0 Å². The Morgan fingerprint density at radius 1 is 1.47 bits per heavy atom. The fraction of sp³-hybridized carbons (Fsp3) is 0.643. The van der Waals surface area contributed by atoms with Gasteiger partial charge in [0.2, 0.25) is 0 Å². The summed E-state index contributed by atoms with van der Waals surface area (Å²) in [6.07, 6.45) is 3.33. The average Bonchev–Trinajstić information content (AvgIpc) is 2.42. The van der Waals surface area contributed by atoms with E-state index in [2.05, 4.69) is 4.98 Å². The topological polar surface area (TPSA) is 83.4 Å². The highest BCUT2D eigenvalue weighted by molar-refractivity contribution is 5.44. The van der Waals surface area contributed by atoms with Crippen LogP contribution >= 0.6 is 0 Å². The third kappa shape index (κ3) is 2.88. The molecule has 0 radical (unpaired) electrons. The van der Waals surface area contributed by atoms with Gasteiger partial charge < -0.3 is 20.9 Å². The van der Waals surface area contributed by atoms with Gasteiger partial charge in [0.25, 0.3) is 0 Å². The molecule has 19 heavy (non-hydrogen) atoms. The number of pyridine rings is 1. The summed E-state index contributed by atoms with van der Waals surface area (Å²) in [7, 11) is 0. The second-order valence-corrected chi connectivity index (χ2v) is 5.07. The van der Waals surface area contributed by atoms with Crippen LogP contribution in [0.5, 0.6) is 0 Å². The van der Waals surface area contributed by atoms with Gasteiger partial charge in [-0.15, -0.1) is 0 Å². The molecule has 5 nitrogen and oxygen atoms in total. The van der Waals surface area contributed by atoms with E-state index < -0.39 is 5.60 Å². The van der Waals surface area contributed by atoms with Crippen molar-refractivity contribution in [2.24, 2.45) is 5.73 Å². The third-order valence-corrected chi connectivity index (χ3v) is 3.76. The molecule has 1 fully saturated rings. The first kappa shape index (κ1) is 14.2. The predicted molar refractivity (Wildman–Crippen MR) is 74.7 cm³/mol. The molecule has 106 valence electrons. The van der Waals surface area contributed by atoms with Crippen molar-refractivity contribution in [3.05, 3.63) is 23.4 Å². The maximum Gasteiger partial charge on any atom is 0.128 e. The second-order valence-electron chi connectivity index (χ2n) is 5.07. The van der Waals surface area contributed by atoms with Crippen molar-refractivity contribution in [3.8, 4) is 0 Å². The van der Waals surface area contributed by atoms with Crippen molar-refractivity contribution in [1.29, 1.82) is 0 Å². The van der Waals surface area contributed by atoms with Gasteiger partial charge in [0, 0.05) is 44.4 Å². The zero-order valence-corrected chi connectivity index (χ0v) is 11.7. The number of anilines is 1. The summed E-state index contributed by atoms with van der Waals surface area (Å²) in [6.45, 7) is 5.95. The Kier molecular flexibility index (Phi) is 4.39. The van der Waals surface area contributed by atoms with Gasteiger partial charge in [0.05, 0.1) is 11.6 Å². The van der Waals surface area contributed by atoms with Gasteiger partial charge in [0.1, 0.15) is 5.82 Å². The van der Waals surface area contributed by atoms with Crippen molar-refractivity contribution in [2.45, 2.75) is 38.3 Å². The highest BCUT2D eigenvalue weighted by Crippen LogP contribution is 2.37. The first-order chi connectivity index (χ1) is 9.09. The van der Waals surface area contributed by atoms with Crippen molar-refractivity contribution in [3.63, 3.8) is 0 Å². The van der Waals surface area contributed by atoms with Crippen LogP contribution in [0.2, 0.25) is 0 Å². The van der Waals surface area contributed by atoms with Gasteiger partial charge in [-0.3, -0.25) is 0 Å². The number of nitrogens with two attached hydrogens (primary N) is 2. The fourth-order valence-corrected chi connectivity index (χ4v) is 2.68. The molecular formula is C14H23N3O2. The number of nitrogen functional groups attached to an aromatic ring is 1. The molecule has 1 saturated heterocycles. The van der Waals surface area contributed by atoms with Crippen LogP contribution in [0.25, 0.3) is 0 Å². The summed E-state index contributed by atoms with van der Waals surface area (Å²) in [5, 5.41) is 0. The van der Waals surface area contributed by atoms with Crippen LogP contribution in [0.1, 0.15) is 36.9 Å². The standard InChI is InChI=1S/C14H23N3O2/c1-3-19-14(4-6-18-7-5-14)12(15)11-8-10(2)9-17-13(11)16/h8-9,12H,3-7,15H2,1-2H3,(H2,16,17). The second kappa shape index (κ2) is 5.86. The van der Waals surface area contributed by atoms with E-state index in [1.54, 1.807) is 6.20 Å². The van der Waals surface area contributed by atoms with E-state index >= 15 is 0 Å². The summed E-state index contributed by atoms with van der Waals surface area (Å²) in [5.41, 5.74) is 14.0. The summed E-state index contributed by atoms with van der Waals surface area (Å²) >= 11 is 0. The molecule has 0 aromatic carbocycles. The maximum atomic E-state index is 6.46. The van der Waals surface area contributed by atoms with Gasteiger partial charge in [-0.1, -0.05) is 0 Å². The van der Waals surface area contributed by atoms with Gasteiger partial charge in [-0.05, 0) is 25.5 Å². The lowest BCUT2D eigenvalue weighted by molar-refractivity contribution is -0.121. The molecule has 0 bridgehead atoms. The Bertz CT molecular complexity index is 425. The Labute approximate surface area is 114 Å². The van der Waals surface area contributed by atoms with Gasteiger partial charge >= 0.3 is 0 Å². The number of hydrogen-bond acceptors (Lipinski definition) is 5.